The fourth-order valence-electron chi connectivity index (χ4n) is 7.04. The highest BCUT2D eigenvalue weighted by Crippen LogP contribution is 2.34. The molecule has 0 spiro atoms. The number of ether oxygens (including phenoxy) is 9. The Hall–Kier alpha value is -6.15. The molecule has 0 aromatic heterocycles. The van der Waals surface area contributed by atoms with E-state index in [2.05, 4.69) is 25.8 Å². The molecule has 3 aromatic carbocycles. The minimum atomic E-state index is -2.60. The van der Waals surface area contributed by atoms with Crippen molar-refractivity contribution in [3.05, 3.63) is 101 Å². The highest BCUT2D eigenvalue weighted by atomic mass is 19.2. The highest BCUT2D eigenvalue weighted by molar-refractivity contribution is 5.79. The molecule has 0 radical (unpaired) electrons. The van der Waals surface area contributed by atoms with Gasteiger partial charge in [0.05, 0.1) is 117 Å². The first-order valence-electron chi connectivity index (χ1n) is 23.9. The SMILES string of the molecule is N=N/C(=C\NCCOCCOCCOCCOCCC(=O)Oc1c(F)c(F)c(F)c(F)c1F)COCCOCCO[C@@]1(C(=O)O)C[C@H](O)[C@@H](NC(=O)CO)[C@H]([C@H](O)[C@H](O)CNC(=O)Cc2ccc(-c3ccccc3)cc2)O1. The Balaban J connectivity index is 1.04. The summed E-state index contributed by atoms with van der Waals surface area (Å²) >= 11 is 0. The Morgan fingerprint density at radius 3 is 1.87 bits per heavy atom. The second kappa shape index (κ2) is 33.9. The molecule has 28 heteroatoms. The van der Waals surface area contributed by atoms with Crippen molar-refractivity contribution >= 4 is 23.8 Å². The second-order valence-corrected chi connectivity index (χ2v) is 16.6. The molecule has 23 nitrogen and oxygen atoms in total. The van der Waals surface area contributed by atoms with Crippen LogP contribution in [0.15, 0.2) is 71.6 Å². The van der Waals surface area contributed by atoms with Gasteiger partial charge in [-0.1, -0.05) is 54.6 Å². The van der Waals surface area contributed by atoms with Crippen LogP contribution in [0, 0.1) is 34.6 Å². The number of nitrogens with zero attached hydrogens (tertiary/aromatic N) is 1. The van der Waals surface area contributed by atoms with E-state index in [0.717, 1.165) is 11.1 Å². The molecule has 2 amide bonds. The van der Waals surface area contributed by atoms with Gasteiger partial charge in [-0.2, -0.15) is 13.9 Å². The monoisotopic (exact) mass is 1100 g/mol. The van der Waals surface area contributed by atoms with Gasteiger partial charge < -0.3 is 84.1 Å². The molecular weight excluding hydrogens is 1040 g/mol. The fraction of sp³-hybridized carbons (Fsp3) is 0.510. The third-order valence-corrected chi connectivity index (χ3v) is 11.0. The van der Waals surface area contributed by atoms with Crippen molar-refractivity contribution in [3.8, 4) is 16.9 Å². The minimum absolute atomic E-state index is 0.0102. The predicted octanol–water partition coefficient (Wildman–Crippen LogP) is 1.41. The summed E-state index contributed by atoms with van der Waals surface area (Å²) < 4.78 is 115. The summed E-state index contributed by atoms with van der Waals surface area (Å²) in [6, 6.07) is 15.3. The number of hydrogen-bond donors (Lipinski definition) is 9. The fourth-order valence-corrected chi connectivity index (χ4v) is 7.04. The number of rotatable bonds is 37. The van der Waals surface area contributed by atoms with Gasteiger partial charge >= 0.3 is 11.9 Å². The van der Waals surface area contributed by atoms with Crippen molar-refractivity contribution in [2.75, 3.05) is 106 Å². The molecule has 3 aromatic rings. The quantitative estimate of drug-likeness (QED) is 0.00750. The number of aliphatic carboxylic acids is 1. The first-order chi connectivity index (χ1) is 37.0. The zero-order chi connectivity index (χ0) is 56.2. The maximum Gasteiger partial charge on any atom is 0.364 e. The zero-order valence-corrected chi connectivity index (χ0v) is 41.5. The van der Waals surface area contributed by atoms with Crippen LogP contribution in [0.2, 0.25) is 0 Å². The Morgan fingerprint density at radius 2 is 1.29 bits per heavy atom. The molecule has 1 heterocycles. The average Bonchev–Trinajstić information content (AvgIpc) is 3.44. The van der Waals surface area contributed by atoms with E-state index in [-0.39, 0.29) is 91.4 Å². The van der Waals surface area contributed by atoms with Crippen LogP contribution >= 0.6 is 0 Å². The number of amides is 2. The number of aliphatic hydroxyl groups is 4. The first kappa shape index (κ1) is 63.4. The lowest BCUT2D eigenvalue weighted by Crippen LogP contribution is -2.68. The van der Waals surface area contributed by atoms with E-state index in [1.54, 1.807) is 12.1 Å². The third kappa shape index (κ3) is 21.0. The lowest BCUT2D eigenvalue weighted by atomic mass is 9.88. The lowest BCUT2D eigenvalue weighted by Gasteiger charge is -2.46. The molecule has 1 fully saturated rings. The second-order valence-electron chi connectivity index (χ2n) is 16.6. The summed E-state index contributed by atoms with van der Waals surface area (Å²) in [7, 11) is 0. The molecule has 0 aliphatic carbocycles. The van der Waals surface area contributed by atoms with Crippen molar-refractivity contribution in [1.29, 1.82) is 5.53 Å². The lowest BCUT2D eigenvalue weighted by molar-refractivity contribution is -0.312. The molecule has 426 valence electrons. The molecule has 1 aliphatic rings. The van der Waals surface area contributed by atoms with E-state index in [4.69, 9.17) is 43.4 Å². The number of hydrogen-bond acceptors (Lipinski definition) is 20. The number of benzene rings is 3. The standard InChI is InChI=1S/C49H62F5N5O18/c50-39-40(51)42(53)46(43(54)41(39)52)76-38(65)10-12-69-14-16-71-18-19-72-17-15-70-13-11-56-26-33(59-55)29-74-21-20-73-22-23-75-49(48(67)68)25-34(61)44(58-37(64)28-60)47(77-49)45(66)35(62)27-57-36(63)24-30-6-8-32(9-7-30)31-4-2-1-3-5-31/h1-9,26,34-35,44-45,47,55-56,60-62,66H,10-25,27-29H2,(H,57,63)(H,58,64)(H,67,68)/b33-26-,59-55?/t34-,35+,44+,45+,47+,49-/m0/s1. The number of halogens is 5. The molecule has 1 aliphatic heterocycles. The van der Waals surface area contributed by atoms with Crippen molar-refractivity contribution in [3.63, 3.8) is 0 Å². The Morgan fingerprint density at radius 1 is 0.740 bits per heavy atom. The van der Waals surface area contributed by atoms with Gasteiger partial charge in [-0.25, -0.2) is 23.5 Å². The van der Waals surface area contributed by atoms with Crippen LogP contribution < -0.4 is 20.7 Å². The molecule has 4 rings (SSSR count). The van der Waals surface area contributed by atoms with Crippen molar-refractivity contribution < 1.29 is 109 Å². The number of nitrogens with one attached hydrogen (secondary N) is 4. The minimum Gasteiger partial charge on any atom is -0.477 e. The van der Waals surface area contributed by atoms with E-state index in [1.165, 1.54) is 6.20 Å². The van der Waals surface area contributed by atoms with E-state index < -0.39 is 127 Å². The summed E-state index contributed by atoms with van der Waals surface area (Å²) in [4.78, 5) is 49.3. The summed E-state index contributed by atoms with van der Waals surface area (Å²) in [5, 5.41) is 63.8. The van der Waals surface area contributed by atoms with Crippen LogP contribution in [-0.4, -0.2) is 191 Å². The van der Waals surface area contributed by atoms with Crippen LogP contribution in [0.1, 0.15) is 18.4 Å². The maximum absolute atomic E-state index is 13.6. The molecule has 0 unspecified atom stereocenters. The summed E-state index contributed by atoms with van der Waals surface area (Å²) in [5.41, 5.74) is 10.2. The Bertz CT molecular complexity index is 2340. The molecule has 6 atom stereocenters. The van der Waals surface area contributed by atoms with Gasteiger partial charge in [0.1, 0.15) is 24.5 Å². The van der Waals surface area contributed by atoms with Gasteiger partial charge in [0, 0.05) is 25.7 Å². The number of carbonyl (C=O) groups is 4. The average molecular weight is 1100 g/mol. The van der Waals surface area contributed by atoms with Gasteiger partial charge in [0.2, 0.25) is 46.6 Å². The van der Waals surface area contributed by atoms with Crippen LogP contribution in [0.4, 0.5) is 22.0 Å². The maximum atomic E-state index is 13.6. The van der Waals surface area contributed by atoms with Crippen molar-refractivity contribution in [2.45, 2.75) is 55.5 Å². The van der Waals surface area contributed by atoms with Crippen LogP contribution in [0.5, 0.6) is 5.75 Å². The van der Waals surface area contributed by atoms with Gasteiger partial charge in [-0.05, 0) is 16.7 Å². The molecule has 9 N–H and O–H groups in total. The predicted molar refractivity (Wildman–Crippen MR) is 254 cm³/mol. The molecule has 77 heavy (non-hydrogen) atoms. The van der Waals surface area contributed by atoms with Crippen LogP contribution in [-0.2, 0) is 63.5 Å². The smallest absolute Gasteiger partial charge is 0.364 e. The Kier molecular flexibility index (Phi) is 27.9. The van der Waals surface area contributed by atoms with E-state index >= 15 is 0 Å². The molecule has 0 bridgehead atoms. The largest absolute Gasteiger partial charge is 0.477 e. The van der Waals surface area contributed by atoms with E-state index in [0.29, 0.717) is 12.1 Å². The molecular formula is C49H62F5N5O18. The van der Waals surface area contributed by atoms with E-state index in [9.17, 15) is 66.7 Å². The van der Waals surface area contributed by atoms with Gasteiger partial charge in [0.15, 0.2) is 0 Å². The third-order valence-electron chi connectivity index (χ3n) is 11.0. The molecule has 0 saturated carbocycles. The van der Waals surface area contributed by atoms with Gasteiger partial charge in [0.25, 0.3) is 5.79 Å². The molecule has 1 saturated heterocycles. The van der Waals surface area contributed by atoms with Crippen molar-refractivity contribution in [2.24, 2.45) is 5.11 Å². The zero-order valence-electron chi connectivity index (χ0n) is 41.5. The Labute approximate surface area is 438 Å². The summed E-state index contributed by atoms with van der Waals surface area (Å²) in [6.45, 7) is -0.897. The number of esters is 1. The summed E-state index contributed by atoms with van der Waals surface area (Å²) in [5.74, 6) is -20.2. The first-order valence-corrected chi connectivity index (χ1v) is 23.9. The number of carboxylic acid groups (broad SMARTS) is 1. The number of aliphatic hydroxyl groups excluding tert-OH is 4. The normalized spacial score (nSPS) is 18.3. The number of carbonyl (C=O) groups excluding carboxylic acids is 3. The van der Waals surface area contributed by atoms with Crippen LogP contribution in [0.3, 0.4) is 0 Å². The van der Waals surface area contributed by atoms with E-state index in [1.807, 2.05) is 42.5 Å². The summed E-state index contributed by atoms with van der Waals surface area (Å²) in [6.07, 6.45) is -7.29. The number of carboxylic acids is 1. The topological polar surface area (TPSA) is 325 Å². The van der Waals surface area contributed by atoms with Gasteiger partial charge in [-0.15, -0.1) is 0 Å². The van der Waals surface area contributed by atoms with Crippen molar-refractivity contribution in [1.82, 2.24) is 16.0 Å². The van der Waals surface area contributed by atoms with Gasteiger partial charge in [-0.3, -0.25) is 14.4 Å². The highest BCUT2D eigenvalue weighted by Gasteiger charge is 2.56. The van der Waals surface area contributed by atoms with Crippen LogP contribution in [0.25, 0.3) is 11.1 Å².